The number of nitrogens with zero attached hydrogens (tertiary/aromatic N) is 4. The molecule has 0 aromatic carbocycles. The van der Waals surface area contributed by atoms with E-state index in [2.05, 4.69) is 41.1 Å². The number of piperidine rings is 2. The Morgan fingerprint density at radius 2 is 1.96 bits per heavy atom. The maximum absolute atomic E-state index is 12.8. The first-order valence-corrected chi connectivity index (χ1v) is 10.2. The van der Waals surface area contributed by atoms with Crippen LogP contribution >= 0.6 is 0 Å². The van der Waals surface area contributed by atoms with Crippen LogP contribution in [0.15, 0.2) is 6.07 Å². The molecule has 6 heteroatoms. The molecule has 2 aliphatic heterocycles. The molecule has 3 rings (SSSR count). The van der Waals surface area contributed by atoms with Crippen LogP contribution in [-0.4, -0.2) is 70.8 Å². The van der Waals surface area contributed by atoms with Gasteiger partial charge in [-0.1, -0.05) is 13.8 Å². The second-order valence-corrected chi connectivity index (χ2v) is 8.58. The van der Waals surface area contributed by atoms with Gasteiger partial charge in [0.05, 0.1) is 5.69 Å². The van der Waals surface area contributed by atoms with E-state index in [0.717, 1.165) is 25.1 Å². The van der Waals surface area contributed by atoms with E-state index in [-0.39, 0.29) is 11.9 Å². The smallest absolute Gasteiger partial charge is 0.269 e. The Hall–Kier alpha value is -1.40. The molecule has 6 nitrogen and oxygen atoms in total. The average Bonchev–Trinajstić information content (AvgIpc) is 2.95. The van der Waals surface area contributed by atoms with Gasteiger partial charge in [0.25, 0.3) is 5.91 Å². The highest BCUT2D eigenvalue weighted by atomic mass is 16.2. The number of aromatic nitrogens is 2. The van der Waals surface area contributed by atoms with Crippen molar-refractivity contribution in [2.75, 3.05) is 33.2 Å². The summed E-state index contributed by atoms with van der Waals surface area (Å²) < 4.78 is 1.73. The lowest BCUT2D eigenvalue weighted by molar-refractivity contribution is 0.0760. The van der Waals surface area contributed by atoms with Crippen molar-refractivity contribution in [3.8, 4) is 0 Å². The summed E-state index contributed by atoms with van der Waals surface area (Å²) in [5.74, 6) is 0.562. The van der Waals surface area contributed by atoms with Crippen LogP contribution in [0.4, 0.5) is 0 Å². The number of likely N-dealkylation sites (tertiary alicyclic amines) is 2. The Morgan fingerprint density at radius 1 is 1.23 bits per heavy atom. The Balaban J connectivity index is 1.56. The quantitative estimate of drug-likeness (QED) is 0.870. The number of carbonyl (C=O) groups excluding carboxylic acids is 1. The lowest BCUT2D eigenvalue weighted by Crippen LogP contribution is -2.53. The van der Waals surface area contributed by atoms with Crippen molar-refractivity contribution >= 4 is 5.91 Å². The fourth-order valence-corrected chi connectivity index (χ4v) is 4.33. The predicted molar refractivity (Wildman–Crippen MR) is 104 cm³/mol. The number of aryl methyl sites for hydroxylation is 1. The topological polar surface area (TPSA) is 53.4 Å². The molecular formula is C20H35N5O. The minimum atomic E-state index is 0.0187. The molecule has 2 fully saturated rings. The Labute approximate surface area is 157 Å². The van der Waals surface area contributed by atoms with Gasteiger partial charge in [-0.3, -0.25) is 14.4 Å². The molecular weight excluding hydrogens is 326 g/mol. The molecule has 1 aromatic heterocycles. The zero-order valence-corrected chi connectivity index (χ0v) is 16.9. The maximum Gasteiger partial charge on any atom is 0.269 e. The van der Waals surface area contributed by atoms with Gasteiger partial charge in [0.15, 0.2) is 0 Å². The Kier molecular flexibility index (Phi) is 6.35. The van der Waals surface area contributed by atoms with Crippen molar-refractivity contribution in [1.29, 1.82) is 0 Å². The first kappa shape index (κ1) is 19.4. The van der Waals surface area contributed by atoms with E-state index in [1.165, 1.54) is 38.9 Å². The van der Waals surface area contributed by atoms with Gasteiger partial charge in [0.2, 0.25) is 0 Å². The highest BCUT2D eigenvalue weighted by Crippen LogP contribution is 2.21. The first-order chi connectivity index (χ1) is 12.4. The summed E-state index contributed by atoms with van der Waals surface area (Å²) in [5, 5.41) is 7.77. The molecule has 1 amide bonds. The number of rotatable bonds is 5. The zero-order chi connectivity index (χ0) is 18.7. The maximum atomic E-state index is 12.8. The van der Waals surface area contributed by atoms with E-state index < -0.39 is 0 Å². The zero-order valence-electron chi connectivity index (χ0n) is 16.9. The summed E-state index contributed by atoms with van der Waals surface area (Å²) >= 11 is 0. The predicted octanol–water partition coefficient (Wildman–Crippen LogP) is 1.91. The van der Waals surface area contributed by atoms with Crippen LogP contribution in [0.5, 0.6) is 0 Å². The second-order valence-electron chi connectivity index (χ2n) is 8.58. The highest BCUT2D eigenvalue weighted by molar-refractivity contribution is 5.92. The summed E-state index contributed by atoms with van der Waals surface area (Å²) in [6, 6.07) is 2.88. The first-order valence-electron chi connectivity index (χ1n) is 10.2. The van der Waals surface area contributed by atoms with Crippen LogP contribution in [-0.2, 0) is 13.5 Å². The normalized spacial score (nSPS) is 23.5. The van der Waals surface area contributed by atoms with Gasteiger partial charge in [0, 0.05) is 25.7 Å². The van der Waals surface area contributed by atoms with Crippen LogP contribution in [0.2, 0.25) is 0 Å². The number of carbonyl (C=O) groups is 1. The van der Waals surface area contributed by atoms with E-state index in [1.54, 1.807) is 4.68 Å². The fourth-order valence-electron chi connectivity index (χ4n) is 4.33. The molecule has 1 atom stereocenters. The summed E-state index contributed by atoms with van der Waals surface area (Å²) in [6.45, 7) is 8.88. The monoisotopic (exact) mass is 361 g/mol. The minimum absolute atomic E-state index is 0.0187. The van der Waals surface area contributed by atoms with Gasteiger partial charge in [-0.05, 0) is 70.8 Å². The van der Waals surface area contributed by atoms with Crippen LogP contribution in [0.3, 0.4) is 0 Å². The molecule has 2 saturated heterocycles. The van der Waals surface area contributed by atoms with Gasteiger partial charge in [-0.2, -0.15) is 5.10 Å². The molecule has 0 bridgehead atoms. The number of nitrogens with one attached hydrogen (secondary N) is 1. The molecule has 1 N–H and O–H groups in total. The standard InChI is InChI=1S/C20H35N5O/c1-15(2)12-17-13-19(24(4)22-17)20(26)21-16-6-5-9-25(14-16)18-7-10-23(3)11-8-18/h13,15-16,18H,5-12,14H2,1-4H3,(H,21,26)/t16-/m0/s1. The van der Waals surface area contributed by atoms with Gasteiger partial charge in [-0.25, -0.2) is 0 Å². The largest absolute Gasteiger partial charge is 0.347 e. The Bertz CT molecular complexity index is 603. The highest BCUT2D eigenvalue weighted by Gasteiger charge is 2.29. The van der Waals surface area contributed by atoms with Gasteiger partial charge < -0.3 is 10.2 Å². The number of amides is 1. The van der Waals surface area contributed by atoms with Gasteiger partial charge >= 0.3 is 0 Å². The molecule has 0 radical (unpaired) electrons. The van der Waals surface area contributed by atoms with Crippen LogP contribution in [0, 0.1) is 5.92 Å². The summed E-state index contributed by atoms with van der Waals surface area (Å²) in [5.41, 5.74) is 1.68. The third kappa shape index (κ3) is 4.86. The van der Waals surface area contributed by atoms with Crippen molar-refractivity contribution in [2.24, 2.45) is 13.0 Å². The summed E-state index contributed by atoms with van der Waals surface area (Å²) in [4.78, 5) is 17.8. The molecule has 26 heavy (non-hydrogen) atoms. The molecule has 0 unspecified atom stereocenters. The van der Waals surface area contributed by atoms with E-state index in [4.69, 9.17) is 0 Å². The van der Waals surface area contributed by atoms with Crippen molar-refractivity contribution < 1.29 is 4.79 Å². The fraction of sp³-hybridized carbons (Fsp3) is 0.800. The Morgan fingerprint density at radius 3 is 2.65 bits per heavy atom. The van der Waals surface area contributed by atoms with Crippen molar-refractivity contribution in [3.63, 3.8) is 0 Å². The average molecular weight is 362 g/mol. The minimum Gasteiger partial charge on any atom is -0.347 e. The number of hydrogen-bond donors (Lipinski definition) is 1. The lowest BCUT2D eigenvalue weighted by atomic mass is 9.98. The van der Waals surface area contributed by atoms with E-state index in [0.29, 0.717) is 17.7 Å². The third-order valence-electron chi connectivity index (χ3n) is 5.77. The van der Waals surface area contributed by atoms with E-state index in [9.17, 15) is 4.79 Å². The molecule has 0 spiro atoms. The second kappa shape index (κ2) is 8.53. The van der Waals surface area contributed by atoms with Crippen LogP contribution in [0.25, 0.3) is 0 Å². The molecule has 0 aliphatic carbocycles. The van der Waals surface area contributed by atoms with Crippen molar-refractivity contribution in [3.05, 3.63) is 17.5 Å². The van der Waals surface area contributed by atoms with Gasteiger partial charge in [0.1, 0.15) is 5.69 Å². The van der Waals surface area contributed by atoms with E-state index >= 15 is 0 Å². The third-order valence-corrected chi connectivity index (χ3v) is 5.77. The van der Waals surface area contributed by atoms with Crippen LogP contribution in [0.1, 0.15) is 55.7 Å². The lowest BCUT2D eigenvalue weighted by Gasteiger charge is -2.41. The van der Waals surface area contributed by atoms with Crippen molar-refractivity contribution in [1.82, 2.24) is 24.9 Å². The summed E-state index contributed by atoms with van der Waals surface area (Å²) in [7, 11) is 4.07. The molecule has 146 valence electrons. The molecule has 1 aromatic rings. The SMILES string of the molecule is CC(C)Cc1cc(C(=O)N[C@H]2CCCN(C3CCN(C)CC3)C2)n(C)n1. The molecule has 2 aliphatic rings. The van der Waals surface area contributed by atoms with Gasteiger partial charge in [-0.15, -0.1) is 0 Å². The summed E-state index contributed by atoms with van der Waals surface area (Å²) in [6.07, 6.45) is 5.65. The van der Waals surface area contributed by atoms with Crippen molar-refractivity contribution in [2.45, 2.75) is 58.0 Å². The van der Waals surface area contributed by atoms with Crippen LogP contribution < -0.4 is 5.32 Å². The number of hydrogen-bond acceptors (Lipinski definition) is 4. The van der Waals surface area contributed by atoms with E-state index in [1.807, 2.05) is 13.1 Å². The molecule has 3 heterocycles. The molecule has 0 saturated carbocycles.